The minimum atomic E-state index is 0.284. The predicted molar refractivity (Wildman–Crippen MR) is 76.3 cm³/mol. The monoisotopic (exact) mass is 378 g/mol. The van der Waals surface area contributed by atoms with Crippen molar-refractivity contribution >= 4 is 26.3 Å². The van der Waals surface area contributed by atoms with E-state index in [1.165, 1.54) is 16.7 Å². The Bertz CT molecular complexity index is 447. The van der Waals surface area contributed by atoms with Crippen LogP contribution in [0.25, 0.3) is 0 Å². The summed E-state index contributed by atoms with van der Waals surface area (Å²) in [5.74, 6) is 1.08. The van der Waals surface area contributed by atoms with Crippen LogP contribution in [-0.2, 0) is 9.47 Å². The van der Waals surface area contributed by atoms with Crippen molar-refractivity contribution in [3.63, 3.8) is 0 Å². The first kappa shape index (κ1) is 14.0. The summed E-state index contributed by atoms with van der Waals surface area (Å²) >= 11 is 0.923. The molecule has 2 aliphatic rings. The molecule has 0 aromatic carbocycles. The second-order valence-electron chi connectivity index (χ2n) is 4.35. The van der Waals surface area contributed by atoms with Crippen LogP contribution in [0.2, 0.25) is 0 Å². The molecule has 0 aromatic heterocycles. The van der Waals surface area contributed by atoms with Gasteiger partial charge in [0.15, 0.2) is 0 Å². The molecule has 0 saturated carbocycles. The third kappa shape index (κ3) is 3.13. The van der Waals surface area contributed by atoms with Crippen LogP contribution < -0.4 is 0 Å². The van der Waals surface area contributed by atoms with Crippen LogP contribution in [0, 0.1) is 0 Å². The van der Waals surface area contributed by atoms with Gasteiger partial charge in [-0.15, -0.1) is 0 Å². The van der Waals surface area contributed by atoms with E-state index in [0.717, 1.165) is 5.76 Å². The Labute approximate surface area is 120 Å². The van der Waals surface area contributed by atoms with E-state index in [2.05, 4.69) is 39.8 Å². The number of ether oxygens (including phenoxy) is 2. The summed E-state index contributed by atoms with van der Waals surface area (Å²) in [5, 5.41) is 0.579. The van der Waals surface area contributed by atoms with Gasteiger partial charge in [-0.05, 0) is 0 Å². The van der Waals surface area contributed by atoms with Crippen molar-refractivity contribution in [3.05, 3.63) is 47.0 Å². The van der Waals surface area contributed by atoms with Crippen molar-refractivity contribution in [1.29, 1.82) is 0 Å². The van der Waals surface area contributed by atoms with E-state index < -0.39 is 0 Å². The fraction of sp³-hybridized carbons (Fsp3) is 0.429. The first-order valence-electron chi connectivity index (χ1n) is 5.92. The van der Waals surface area contributed by atoms with Crippen molar-refractivity contribution < 1.29 is 9.47 Å². The molecule has 0 radical (unpaired) electrons. The van der Waals surface area contributed by atoms with Gasteiger partial charge in [-0.2, -0.15) is 0 Å². The van der Waals surface area contributed by atoms with Crippen molar-refractivity contribution in [3.8, 4) is 0 Å². The van der Waals surface area contributed by atoms with E-state index in [0.29, 0.717) is 31.3 Å². The molecular weight excluding hydrogens is 358 g/mol. The molecule has 2 unspecified atom stereocenters. The maximum absolute atomic E-state index is 6.04. The third-order valence-corrected chi connectivity index (χ3v) is 10.9. The molecule has 2 heterocycles. The van der Waals surface area contributed by atoms with Crippen molar-refractivity contribution in [1.82, 2.24) is 0 Å². The van der Waals surface area contributed by atoms with Crippen LogP contribution in [0.1, 0.15) is 27.7 Å². The summed E-state index contributed by atoms with van der Waals surface area (Å²) in [4.78, 5) is 0. The summed E-state index contributed by atoms with van der Waals surface area (Å²) in [7, 11) is 0. The first-order chi connectivity index (χ1) is 8.59. The molecule has 0 saturated heterocycles. The minimum absolute atomic E-state index is 0.284. The Hall–Kier alpha value is -0.401. The molecule has 2 aliphatic heterocycles. The first-order valence-corrected chi connectivity index (χ1v) is 12.2. The number of hydrogen-bond acceptors (Lipinski definition) is 2. The molecule has 0 fully saturated rings. The van der Waals surface area contributed by atoms with E-state index in [1.807, 2.05) is 6.08 Å². The molecule has 2 atom stereocenters. The van der Waals surface area contributed by atoms with Crippen LogP contribution in [0.3, 0.4) is 0 Å². The van der Waals surface area contributed by atoms with Gasteiger partial charge >= 0.3 is 120 Å². The van der Waals surface area contributed by atoms with Gasteiger partial charge in [-0.25, -0.2) is 0 Å². The molecule has 0 amide bonds. The Morgan fingerprint density at radius 2 is 1.78 bits per heavy atom. The molecule has 0 aromatic rings. The topological polar surface area (TPSA) is 18.5 Å². The van der Waals surface area contributed by atoms with E-state index in [-0.39, 0.29) is 5.00 Å². The molecule has 0 N–H and O–H groups in total. The fourth-order valence-corrected chi connectivity index (χ4v) is 9.24. The molecule has 2 nitrogen and oxygen atoms in total. The molecule has 0 bridgehead atoms. The second kappa shape index (κ2) is 6.16. The molecule has 98 valence electrons. The fourth-order valence-electron chi connectivity index (χ4n) is 1.69. The van der Waals surface area contributed by atoms with Crippen molar-refractivity contribution in [2.75, 3.05) is 0 Å². The number of allylic oxidation sites excluding steroid dienone is 5. The molecule has 4 heteroatoms. The van der Waals surface area contributed by atoms with E-state index in [1.54, 1.807) is 6.26 Å². The zero-order valence-corrected chi connectivity index (χ0v) is 14.5. The summed E-state index contributed by atoms with van der Waals surface area (Å²) in [5.41, 5.74) is 4.10. The third-order valence-electron chi connectivity index (χ3n) is 3.23. The van der Waals surface area contributed by atoms with Gasteiger partial charge in [-0.1, -0.05) is 0 Å². The van der Waals surface area contributed by atoms with Crippen molar-refractivity contribution in [2.45, 2.75) is 37.7 Å². The standard InChI is InChI=1S/C14H18O2Se2/c1-9-10(2)12(4)16-14(11(9)3)18-17-13-7-5-6-8-15-13/h5-8,13-14H,1-4H3. The van der Waals surface area contributed by atoms with Gasteiger partial charge in [0.05, 0.1) is 0 Å². The quantitative estimate of drug-likeness (QED) is 0.706. The molecule has 18 heavy (non-hydrogen) atoms. The summed E-state index contributed by atoms with van der Waals surface area (Å²) < 4.78 is 11.6. The van der Waals surface area contributed by atoms with Crippen molar-refractivity contribution in [2.24, 2.45) is 0 Å². The Morgan fingerprint density at radius 3 is 2.44 bits per heavy atom. The Balaban J connectivity index is 1.95. The van der Waals surface area contributed by atoms with Gasteiger partial charge < -0.3 is 0 Å². The van der Waals surface area contributed by atoms with Crippen LogP contribution in [0.15, 0.2) is 47.0 Å². The van der Waals surface area contributed by atoms with Gasteiger partial charge in [-0.3, -0.25) is 0 Å². The average Bonchev–Trinajstić information content (AvgIpc) is 2.40. The van der Waals surface area contributed by atoms with Crippen LogP contribution >= 0.6 is 0 Å². The molecule has 0 spiro atoms. The van der Waals surface area contributed by atoms with Gasteiger partial charge in [0.25, 0.3) is 0 Å². The van der Waals surface area contributed by atoms with Crippen LogP contribution in [-0.4, -0.2) is 36.3 Å². The average molecular weight is 376 g/mol. The molecular formula is C14H18O2Se2. The number of rotatable bonds is 3. The second-order valence-corrected chi connectivity index (χ2v) is 11.2. The SMILES string of the molecule is CC1=C(C)C(C)=C(C)C([Se][Se]C2C=CC=CO2)O1. The summed E-state index contributed by atoms with van der Waals surface area (Å²) in [6.45, 7) is 8.61. The van der Waals surface area contributed by atoms with E-state index in [4.69, 9.17) is 9.47 Å². The molecule has 0 aliphatic carbocycles. The van der Waals surface area contributed by atoms with Crippen LogP contribution in [0.5, 0.6) is 0 Å². The predicted octanol–water partition coefficient (Wildman–Crippen LogP) is 2.72. The van der Waals surface area contributed by atoms with Gasteiger partial charge in [0, 0.05) is 0 Å². The van der Waals surface area contributed by atoms with Gasteiger partial charge in [0.2, 0.25) is 0 Å². The summed E-state index contributed by atoms with van der Waals surface area (Å²) in [6.07, 6.45) is 7.93. The normalized spacial score (nSPS) is 27.3. The number of hydrogen-bond donors (Lipinski definition) is 0. The van der Waals surface area contributed by atoms with E-state index in [9.17, 15) is 0 Å². The Morgan fingerprint density at radius 1 is 1.00 bits per heavy atom. The summed E-state index contributed by atoms with van der Waals surface area (Å²) in [6, 6.07) is 0. The van der Waals surface area contributed by atoms with Crippen LogP contribution in [0.4, 0.5) is 0 Å². The maximum atomic E-state index is 6.04. The zero-order chi connectivity index (χ0) is 13.1. The zero-order valence-electron chi connectivity index (χ0n) is 11.1. The van der Waals surface area contributed by atoms with E-state index >= 15 is 0 Å². The molecule has 2 rings (SSSR count). The van der Waals surface area contributed by atoms with Gasteiger partial charge in [0.1, 0.15) is 0 Å². The Kier molecular flexibility index (Phi) is 4.80.